The second-order valence-electron chi connectivity index (χ2n) is 3.32. The highest BCUT2D eigenvalue weighted by Gasteiger charge is 2.09. The quantitative estimate of drug-likeness (QED) is 0.639. The van der Waals surface area contributed by atoms with Crippen molar-refractivity contribution in [2.75, 3.05) is 33.4 Å². The molecular weight excluding hydrogens is 210 g/mol. The van der Waals surface area contributed by atoms with Gasteiger partial charge in [0.1, 0.15) is 5.76 Å². The van der Waals surface area contributed by atoms with E-state index in [4.69, 9.17) is 9.26 Å². The zero-order chi connectivity index (χ0) is 11.8. The van der Waals surface area contributed by atoms with E-state index < -0.39 is 0 Å². The standard InChI is InChI=1S/C10H17N3O3/c1-8-7-9(13-16-8)10(14)12-4-3-11-5-6-15-2/h7,11H,3-6H2,1-2H3,(H,12,14). The summed E-state index contributed by atoms with van der Waals surface area (Å²) in [5.41, 5.74) is 0.314. The molecule has 0 aliphatic rings. The van der Waals surface area contributed by atoms with Crippen LogP contribution in [-0.2, 0) is 4.74 Å². The Morgan fingerprint density at radius 1 is 1.50 bits per heavy atom. The number of amides is 1. The Morgan fingerprint density at radius 3 is 2.94 bits per heavy atom. The fourth-order valence-electron chi connectivity index (χ4n) is 1.13. The van der Waals surface area contributed by atoms with Gasteiger partial charge >= 0.3 is 0 Å². The molecule has 1 aromatic heterocycles. The Labute approximate surface area is 94.3 Å². The van der Waals surface area contributed by atoms with Crippen LogP contribution in [-0.4, -0.2) is 44.4 Å². The average molecular weight is 227 g/mol. The summed E-state index contributed by atoms with van der Waals surface area (Å²) in [7, 11) is 1.65. The lowest BCUT2D eigenvalue weighted by atomic mass is 10.3. The van der Waals surface area contributed by atoms with Gasteiger partial charge in [-0.05, 0) is 6.92 Å². The SMILES string of the molecule is COCCNCCNC(=O)c1cc(C)on1. The predicted octanol–water partition coefficient (Wildman–Crippen LogP) is -0.0512. The van der Waals surface area contributed by atoms with E-state index in [1.165, 1.54) is 0 Å². The first-order valence-corrected chi connectivity index (χ1v) is 5.15. The molecule has 6 heteroatoms. The molecule has 2 N–H and O–H groups in total. The summed E-state index contributed by atoms with van der Waals surface area (Å²) >= 11 is 0. The first-order chi connectivity index (χ1) is 7.74. The number of carbonyl (C=O) groups is 1. The molecule has 6 nitrogen and oxygen atoms in total. The number of aryl methyl sites for hydroxylation is 1. The first-order valence-electron chi connectivity index (χ1n) is 5.15. The third-order valence-electron chi connectivity index (χ3n) is 1.93. The van der Waals surface area contributed by atoms with E-state index in [9.17, 15) is 4.79 Å². The minimum atomic E-state index is -0.217. The molecule has 0 aliphatic carbocycles. The zero-order valence-corrected chi connectivity index (χ0v) is 9.58. The van der Waals surface area contributed by atoms with Crippen LogP contribution in [0.15, 0.2) is 10.6 Å². The number of carbonyl (C=O) groups excluding carboxylic acids is 1. The third-order valence-corrected chi connectivity index (χ3v) is 1.93. The number of hydrogen-bond donors (Lipinski definition) is 2. The summed E-state index contributed by atoms with van der Waals surface area (Å²) in [4.78, 5) is 11.5. The van der Waals surface area contributed by atoms with Crippen molar-refractivity contribution in [3.05, 3.63) is 17.5 Å². The molecular formula is C10H17N3O3. The predicted molar refractivity (Wildman–Crippen MR) is 58.3 cm³/mol. The highest BCUT2D eigenvalue weighted by Crippen LogP contribution is 2.00. The second kappa shape index (κ2) is 6.97. The molecule has 0 saturated heterocycles. The number of methoxy groups -OCH3 is 1. The monoisotopic (exact) mass is 227 g/mol. The topological polar surface area (TPSA) is 76.4 Å². The molecule has 0 saturated carbocycles. The molecule has 0 fully saturated rings. The van der Waals surface area contributed by atoms with E-state index in [0.717, 1.165) is 6.54 Å². The summed E-state index contributed by atoms with van der Waals surface area (Å²) in [6.45, 7) is 4.43. The summed E-state index contributed by atoms with van der Waals surface area (Å²) in [5, 5.41) is 9.46. The van der Waals surface area contributed by atoms with Gasteiger partial charge in [0.05, 0.1) is 6.61 Å². The van der Waals surface area contributed by atoms with Crippen molar-refractivity contribution >= 4 is 5.91 Å². The Kier molecular flexibility index (Phi) is 5.52. The van der Waals surface area contributed by atoms with Crippen molar-refractivity contribution < 1.29 is 14.1 Å². The molecule has 1 rings (SSSR count). The van der Waals surface area contributed by atoms with E-state index in [0.29, 0.717) is 31.2 Å². The van der Waals surface area contributed by atoms with Gasteiger partial charge < -0.3 is 19.9 Å². The van der Waals surface area contributed by atoms with E-state index in [1.807, 2.05) is 0 Å². The van der Waals surface area contributed by atoms with Crippen LogP contribution < -0.4 is 10.6 Å². The van der Waals surface area contributed by atoms with Crippen molar-refractivity contribution in [2.45, 2.75) is 6.92 Å². The lowest BCUT2D eigenvalue weighted by molar-refractivity contribution is 0.0944. The van der Waals surface area contributed by atoms with E-state index in [-0.39, 0.29) is 5.91 Å². The molecule has 0 aliphatic heterocycles. The maximum atomic E-state index is 11.5. The largest absolute Gasteiger partial charge is 0.383 e. The average Bonchev–Trinajstić information content (AvgIpc) is 2.70. The van der Waals surface area contributed by atoms with Crippen LogP contribution in [0, 0.1) is 6.92 Å². The molecule has 0 bridgehead atoms. The molecule has 1 amide bonds. The van der Waals surface area contributed by atoms with Gasteiger partial charge in [0, 0.05) is 32.8 Å². The van der Waals surface area contributed by atoms with Gasteiger partial charge in [0.25, 0.3) is 5.91 Å². The van der Waals surface area contributed by atoms with Gasteiger partial charge in [-0.3, -0.25) is 4.79 Å². The molecule has 16 heavy (non-hydrogen) atoms. The Morgan fingerprint density at radius 2 is 2.31 bits per heavy atom. The Bertz CT molecular complexity index is 325. The Balaban J connectivity index is 2.11. The third kappa shape index (κ3) is 4.41. The van der Waals surface area contributed by atoms with Gasteiger partial charge in [-0.2, -0.15) is 0 Å². The molecule has 1 aromatic rings. The van der Waals surface area contributed by atoms with Crippen molar-refractivity contribution in [1.29, 1.82) is 0 Å². The lowest BCUT2D eigenvalue weighted by Crippen LogP contribution is -2.33. The normalized spacial score (nSPS) is 10.4. The second-order valence-corrected chi connectivity index (χ2v) is 3.32. The Hall–Kier alpha value is -1.40. The van der Waals surface area contributed by atoms with Crippen LogP contribution in [0.25, 0.3) is 0 Å². The molecule has 0 radical (unpaired) electrons. The molecule has 0 unspecified atom stereocenters. The molecule has 0 spiro atoms. The maximum Gasteiger partial charge on any atom is 0.273 e. The van der Waals surface area contributed by atoms with E-state index in [2.05, 4.69) is 15.8 Å². The van der Waals surface area contributed by atoms with Crippen LogP contribution in [0.4, 0.5) is 0 Å². The highest BCUT2D eigenvalue weighted by atomic mass is 16.5. The molecule has 90 valence electrons. The van der Waals surface area contributed by atoms with Crippen LogP contribution in [0.1, 0.15) is 16.2 Å². The smallest absolute Gasteiger partial charge is 0.273 e. The van der Waals surface area contributed by atoms with Crippen LogP contribution in [0.5, 0.6) is 0 Å². The number of nitrogens with zero attached hydrogens (tertiary/aromatic N) is 1. The number of nitrogens with one attached hydrogen (secondary N) is 2. The van der Waals surface area contributed by atoms with E-state index >= 15 is 0 Å². The first kappa shape index (κ1) is 12.7. The summed E-state index contributed by atoms with van der Waals surface area (Å²) in [6.07, 6.45) is 0. The maximum absolute atomic E-state index is 11.5. The van der Waals surface area contributed by atoms with Gasteiger partial charge in [-0.1, -0.05) is 5.16 Å². The van der Waals surface area contributed by atoms with Crippen molar-refractivity contribution in [3.63, 3.8) is 0 Å². The lowest BCUT2D eigenvalue weighted by Gasteiger charge is -2.04. The van der Waals surface area contributed by atoms with Crippen LogP contribution in [0.2, 0.25) is 0 Å². The molecule has 0 aromatic carbocycles. The number of hydrogen-bond acceptors (Lipinski definition) is 5. The minimum absolute atomic E-state index is 0.217. The van der Waals surface area contributed by atoms with Crippen LogP contribution in [0.3, 0.4) is 0 Å². The summed E-state index contributed by atoms with van der Waals surface area (Å²) in [6, 6.07) is 1.60. The number of aromatic nitrogens is 1. The van der Waals surface area contributed by atoms with Gasteiger partial charge in [0.2, 0.25) is 0 Å². The number of rotatable bonds is 7. The molecule has 0 atom stereocenters. The van der Waals surface area contributed by atoms with Gasteiger partial charge in [-0.25, -0.2) is 0 Å². The minimum Gasteiger partial charge on any atom is -0.383 e. The number of ether oxygens (including phenoxy) is 1. The highest BCUT2D eigenvalue weighted by molar-refractivity contribution is 5.92. The zero-order valence-electron chi connectivity index (χ0n) is 9.58. The summed E-state index contributed by atoms with van der Waals surface area (Å²) < 4.78 is 9.67. The van der Waals surface area contributed by atoms with Crippen molar-refractivity contribution in [3.8, 4) is 0 Å². The van der Waals surface area contributed by atoms with E-state index in [1.54, 1.807) is 20.1 Å². The van der Waals surface area contributed by atoms with Crippen LogP contribution >= 0.6 is 0 Å². The molecule has 1 heterocycles. The fourth-order valence-corrected chi connectivity index (χ4v) is 1.13. The fraction of sp³-hybridized carbons (Fsp3) is 0.600. The van der Waals surface area contributed by atoms with Crippen molar-refractivity contribution in [2.24, 2.45) is 0 Å². The summed E-state index contributed by atoms with van der Waals surface area (Å²) in [5.74, 6) is 0.411. The van der Waals surface area contributed by atoms with Crippen molar-refractivity contribution in [1.82, 2.24) is 15.8 Å². The van der Waals surface area contributed by atoms with Gasteiger partial charge in [-0.15, -0.1) is 0 Å². The van der Waals surface area contributed by atoms with Gasteiger partial charge in [0.15, 0.2) is 5.69 Å².